The summed E-state index contributed by atoms with van der Waals surface area (Å²) in [6.45, 7) is 4.84. The number of piperidine rings is 1. The summed E-state index contributed by atoms with van der Waals surface area (Å²) in [5.74, 6) is -0.430. The molecule has 1 saturated carbocycles. The van der Waals surface area contributed by atoms with Gasteiger partial charge >= 0.3 is 0 Å². The first-order chi connectivity index (χ1) is 19.7. The Labute approximate surface area is 242 Å². The number of halogens is 1. The summed E-state index contributed by atoms with van der Waals surface area (Å²) in [6.07, 6.45) is 0. The average molecular weight is 599 g/mol. The van der Waals surface area contributed by atoms with Gasteiger partial charge in [-0.25, -0.2) is 12.8 Å². The second-order valence-electron chi connectivity index (χ2n) is 10.6. The van der Waals surface area contributed by atoms with E-state index < -0.39 is 10.0 Å². The molecule has 2 aromatic carbocycles. The van der Waals surface area contributed by atoms with Crippen LogP contribution in [0.5, 0.6) is 0 Å². The highest BCUT2D eigenvalue weighted by Crippen LogP contribution is 2.53. The number of amides is 2. The maximum absolute atomic E-state index is 15.3. The fraction of sp³-hybridized carbons (Fsp3) is 0.379. The molecule has 0 spiro atoms. The van der Waals surface area contributed by atoms with Crippen LogP contribution in [0.4, 0.5) is 21.5 Å². The zero-order chi connectivity index (χ0) is 28.7. The first-order valence-corrected chi connectivity index (χ1v) is 15.9. The van der Waals surface area contributed by atoms with Gasteiger partial charge < -0.3 is 19.9 Å². The van der Waals surface area contributed by atoms with E-state index in [2.05, 4.69) is 5.32 Å². The fourth-order valence-corrected chi connectivity index (χ4v) is 8.10. The number of thiophene rings is 1. The monoisotopic (exact) mass is 598 g/mol. The van der Waals surface area contributed by atoms with Gasteiger partial charge in [0.2, 0.25) is 15.9 Å². The van der Waals surface area contributed by atoms with Crippen molar-refractivity contribution < 1.29 is 27.1 Å². The molecular formula is C29H31FN4O5S2. The lowest BCUT2D eigenvalue weighted by atomic mass is 10.2. The molecule has 1 aliphatic carbocycles. The molecule has 6 rings (SSSR count). The van der Waals surface area contributed by atoms with Gasteiger partial charge in [0.25, 0.3) is 5.91 Å². The van der Waals surface area contributed by atoms with Crippen LogP contribution in [-0.4, -0.2) is 70.5 Å². The Bertz CT molecular complexity index is 1530. The number of anilines is 3. The third-order valence-electron chi connectivity index (χ3n) is 8.12. The van der Waals surface area contributed by atoms with Gasteiger partial charge in [-0.2, -0.15) is 4.31 Å². The Balaban J connectivity index is 1.16. The lowest BCUT2D eigenvalue weighted by Crippen LogP contribution is -2.37. The van der Waals surface area contributed by atoms with Crippen molar-refractivity contribution in [2.45, 2.75) is 11.8 Å². The van der Waals surface area contributed by atoms with Crippen molar-refractivity contribution in [2.75, 3.05) is 61.1 Å². The first-order valence-electron chi connectivity index (χ1n) is 13.6. The number of hydrogen-bond acceptors (Lipinski definition) is 7. The molecule has 2 atom stereocenters. The van der Waals surface area contributed by atoms with Crippen LogP contribution >= 0.6 is 11.3 Å². The second-order valence-corrected chi connectivity index (χ2v) is 13.5. The third-order valence-corrected chi connectivity index (χ3v) is 10.8. The van der Waals surface area contributed by atoms with Gasteiger partial charge in [-0.15, -0.1) is 11.3 Å². The van der Waals surface area contributed by atoms with E-state index in [0.29, 0.717) is 67.9 Å². The third kappa shape index (κ3) is 5.61. The smallest absolute Gasteiger partial charge is 0.268 e. The van der Waals surface area contributed by atoms with Crippen molar-refractivity contribution in [3.63, 3.8) is 0 Å². The molecule has 2 aliphatic heterocycles. The summed E-state index contributed by atoms with van der Waals surface area (Å²) >= 11 is 1.34. The summed E-state index contributed by atoms with van der Waals surface area (Å²) in [4.78, 5) is 29.1. The number of morpholine rings is 1. The molecule has 12 heteroatoms. The number of nitrogens with zero attached hydrogens (tertiary/aromatic N) is 3. The topological polar surface area (TPSA) is 99.3 Å². The van der Waals surface area contributed by atoms with Gasteiger partial charge in [-0.05, 0) is 71.7 Å². The van der Waals surface area contributed by atoms with Crippen molar-refractivity contribution in [1.82, 2.24) is 4.31 Å². The molecule has 0 radical (unpaired) electrons. The van der Waals surface area contributed by atoms with E-state index in [-0.39, 0.29) is 40.3 Å². The highest BCUT2D eigenvalue weighted by atomic mass is 32.2. The van der Waals surface area contributed by atoms with Gasteiger partial charge in [0.1, 0.15) is 5.82 Å². The number of fused-ring (bicyclic) bond motifs is 1. The second kappa shape index (κ2) is 11.2. The number of benzene rings is 2. The Morgan fingerprint density at radius 3 is 2.39 bits per heavy atom. The number of nitrogens with one attached hydrogen (secondary N) is 1. The van der Waals surface area contributed by atoms with Crippen molar-refractivity contribution in [1.29, 1.82) is 0 Å². The molecular weight excluding hydrogens is 567 g/mol. The van der Waals surface area contributed by atoms with Crippen LogP contribution in [0.1, 0.15) is 16.6 Å². The Kier molecular flexibility index (Phi) is 7.58. The van der Waals surface area contributed by atoms with Crippen LogP contribution in [0.15, 0.2) is 64.9 Å². The molecule has 2 unspecified atom stereocenters. The minimum absolute atomic E-state index is 0.120. The predicted octanol–water partition coefficient (Wildman–Crippen LogP) is 3.90. The molecule has 2 amide bonds. The SMILES string of the molecule is CC(=O)Nc1ccc(S(=O)(=O)N2CC3C(CN(C(=O)c4cccs4)c4ccc(N5CCOCC5)c(F)c4)C3C2)cc1. The fourth-order valence-electron chi connectivity index (χ4n) is 5.91. The van der Waals surface area contributed by atoms with Gasteiger partial charge in [0.05, 0.1) is 28.7 Å². The number of hydrogen-bond donors (Lipinski definition) is 1. The average Bonchev–Trinajstić information content (AvgIpc) is 3.35. The highest BCUT2D eigenvalue weighted by molar-refractivity contribution is 7.89. The van der Waals surface area contributed by atoms with E-state index in [9.17, 15) is 18.0 Å². The molecule has 1 N–H and O–H groups in total. The van der Waals surface area contributed by atoms with E-state index in [1.807, 2.05) is 16.3 Å². The number of carbonyl (C=O) groups is 2. The van der Waals surface area contributed by atoms with Crippen LogP contribution in [0.2, 0.25) is 0 Å². The molecule has 1 aromatic heterocycles. The maximum atomic E-state index is 15.3. The normalized spacial score (nSPS) is 22.3. The summed E-state index contributed by atoms with van der Waals surface area (Å²) in [7, 11) is -3.68. The molecule has 0 bridgehead atoms. The van der Waals surface area contributed by atoms with Crippen LogP contribution in [0.3, 0.4) is 0 Å². The van der Waals surface area contributed by atoms with E-state index in [1.54, 1.807) is 35.2 Å². The standard InChI is InChI=1S/C29H31FN4O5S2/c1-19(35)31-20-4-7-22(8-5-20)41(37,38)33-16-23-24(17-33)25(23)18-34(29(36)28-3-2-14-40-28)21-6-9-27(26(30)15-21)32-10-12-39-13-11-32/h2-9,14-15,23-25H,10-13,16-18H2,1H3,(H,31,35). The number of rotatable bonds is 8. The molecule has 3 aromatic rings. The van der Waals surface area contributed by atoms with Crippen molar-refractivity contribution in [3.05, 3.63) is 70.7 Å². The molecule has 3 fully saturated rings. The van der Waals surface area contributed by atoms with Gasteiger partial charge in [-0.1, -0.05) is 6.07 Å². The quantitative estimate of drug-likeness (QED) is 0.423. The summed E-state index contributed by atoms with van der Waals surface area (Å²) < 4.78 is 48.7. The van der Waals surface area contributed by atoms with E-state index in [1.165, 1.54) is 40.8 Å². The van der Waals surface area contributed by atoms with Crippen molar-refractivity contribution in [3.8, 4) is 0 Å². The number of sulfonamides is 1. The summed E-state index contributed by atoms with van der Waals surface area (Å²) in [6, 6.07) is 14.7. The van der Waals surface area contributed by atoms with Gasteiger partial charge in [-0.3, -0.25) is 9.59 Å². The molecule has 3 aliphatic rings. The minimum Gasteiger partial charge on any atom is -0.378 e. The van der Waals surface area contributed by atoms with Crippen molar-refractivity contribution >= 4 is 50.2 Å². The first kappa shape index (κ1) is 27.8. The lowest BCUT2D eigenvalue weighted by molar-refractivity contribution is -0.114. The Morgan fingerprint density at radius 2 is 1.78 bits per heavy atom. The number of ether oxygens (including phenoxy) is 1. The lowest BCUT2D eigenvalue weighted by Gasteiger charge is -2.30. The van der Waals surface area contributed by atoms with E-state index in [4.69, 9.17) is 4.74 Å². The Hall–Kier alpha value is -3.32. The Morgan fingerprint density at radius 1 is 1.07 bits per heavy atom. The van der Waals surface area contributed by atoms with E-state index >= 15 is 4.39 Å². The zero-order valence-corrected chi connectivity index (χ0v) is 24.2. The maximum Gasteiger partial charge on any atom is 0.268 e. The van der Waals surface area contributed by atoms with Crippen LogP contribution in [-0.2, 0) is 19.6 Å². The van der Waals surface area contributed by atoms with Crippen LogP contribution < -0.4 is 15.1 Å². The van der Waals surface area contributed by atoms with E-state index in [0.717, 1.165) is 0 Å². The summed E-state index contributed by atoms with van der Waals surface area (Å²) in [5.41, 5.74) is 1.52. The predicted molar refractivity (Wildman–Crippen MR) is 155 cm³/mol. The number of carbonyl (C=O) groups excluding carboxylic acids is 2. The van der Waals surface area contributed by atoms with Gasteiger partial charge in [0.15, 0.2) is 0 Å². The molecule has 41 heavy (non-hydrogen) atoms. The molecule has 9 nitrogen and oxygen atoms in total. The van der Waals surface area contributed by atoms with Crippen LogP contribution in [0.25, 0.3) is 0 Å². The van der Waals surface area contributed by atoms with Crippen molar-refractivity contribution in [2.24, 2.45) is 17.8 Å². The van der Waals surface area contributed by atoms with Gasteiger partial charge in [0, 0.05) is 51.0 Å². The zero-order valence-electron chi connectivity index (χ0n) is 22.5. The molecule has 216 valence electrons. The van der Waals surface area contributed by atoms with Crippen LogP contribution in [0, 0.1) is 23.6 Å². The highest BCUT2D eigenvalue weighted by Gasteiger charge is 2.58. The minimum atomic E-state index is -3.68. The molecule has 2 saturated heterocycles. The molecule has 3 heterocycles. The largest absolute Gasteiger partial charge is 0.378 e. The summed E-state index contributed by atoms with van der Waals surface area (Å²) in [5, 5.41) is 4.48.